The first-order chi connectivity index (χ1) is 17.8. The van der Waals surface area contributed by atoms with Crippen molar-refractivity contribution in [1.29, 1.82) is 0 Å². The van der Waals surface area contributed by atoms with Crippen LogP contribution in [0.15, 0.2) is 51.6 Å². The molecular formula is C29H28BrNO6. The Balaban J connectivity index is 1.46. The second-order valence-corrected chi connectivity index (χ2v) is 11.5. The van der Waals surface area contributed by atoms with E-state index in [4.69, 9.17) is 4.74 Å². The Morgan fingerprint density at radius 2 is 1.78 bits per heavy atom. The highest BCUT2D eigenvalue weighted by atomic mass is 79.9. The summed E-state index contributed by atoms with van der Waals surface area (Å²) < 4.78 is 5.40. The molecule has 4 atom stereocenters. The van der Waals surface area contributed by atoms with Gasteiger partial charge in [0.05, 0.1) is 23.4 Å². The van der Waals surface area contributed by atoms with Gasteiger partial charge in [-0.2, -0.15) is 0 Å². The van der Waals surface area contributed by atoms with Crippen molar-refractivity contribution in [3.05, 3.63) is 57.1 Å². The number of likely N-dealkylation sites (tertiary alicyclic amines) is 1. The van der Waals surface area contributed by atoms with E-state index in [9.17, 15) is 24.3 Å². The summed E-state index contributed by atoms with van der Waals surface area (Å²) in [6.07, 6.45) is 8.81. The summed E-state index contributed by atoms with van der Waals surface area (Å²) in [7, 11) is 1.46. The number of ketones is 2. The number of ether oxygens (including phenoxy) is 1. The third-order valence-corrected chi connectivity index (χ3v) is 9.43. The predicted octanol–water partition coefficient (Wildman–Crippen LogP) is 4.50. The Morgan fingerprint density at radius 1 is 1.03 bits per heavy atom. The molecule has 8 heteroatoms. The van der Waals surface area contributed by atoms with Crippen LogP contribution in [0.3, 0.4) is 0 Å². The molecule has 2 fully saturated rings. The van der Waals surface area contributed by atoms with Crippen molar-refractivity contribution >= 4 is 39.3 Å². The molecule has 5 aliphatic rings. The SMILES string of the molecule is COc1ccc([C@H]2C3=CC[C@@H]4C(=O)N(C5CCCCC5)C(=O)[C@@H]4[C@@H]3CC3=C2C(=O)C=C(Br)C3=O)cc1O. The zero-order chi connectivity index (χ0) is 26.0. The molecule has 1 saturated carbocycles. The number of Topliss-reactive ketones (excluding diaryl/α,β-unsaturated/α-hetero) is 1. The van der Waals surface area contributed by atoms with Gasteiger partial charge in [-0.05, 0) is 65.2 Å². The van der Waals surface area contributed by atoms with E-state index in [1.54, 1.807) is 18.2 Å². The molecule has 37 heavy (non-hydrogen) atoms. The molecule has 2 amide bonds. The summed E-state index contributed by atoms with van der Waals surface area (Å²) in [6.45, 7) is 0. The molecule has 1 aliphatic heterocycles. The molecule has 4 aliphatic carbocycles. The predicted molar refractivity (Wildman–Crippen MR) is 138 cm³/mol. The van der Waals surface area contributed by atoms with Crippen LogP contribution in [-0.4, -0.2) is 46.5 Å². The van der Waals surface area contributed by atoms with E-state index in [-0.39, 0.29) is 52.0 Å². The Hall–Kier alpha value is -3.00. The first kappa shape index (κ1) is 24.3. The molecule has 1 N–H and O–H groups in total. The van der Waals surface area contributed by atoms with Gasteiger partial charge in [-0.25, -0.2) is 0 Å². The number of methoxy groups -OCH3 is 1. The van der Waals surface area contributed by atoms with E-state index in [2.05, 4.69) is 15.9 Å². The molecular weight excluding hydrogens is 538 g/mol. The third kappa shape index (κ3) is 3.67. The number of carbonyl (C=O) groups excluding carboxylic acids is 4. The number of rotatable bonds is 3. The van der Waals surface area contributed by atoms with Gasteiger partial charge in [0.25, 0.3) is 0 Å². The number of imide groups is 1. The van der Waals surface area contributed by atoms with Crippen molar-refractivity contribution in [3.63, 3.8) is 0 Å². The van der Waals surface area contributed by atoms with Gasteiger partial charge in [0.2, 0.25) is 11.8 Å². The standard InChI is InChI=1S/C29H28BrNO6/c1-37-23-10-7-14(11-21(23)32)24-16-8-9-17-25(29(36)31(28(17)35)15-5-3-2-4-6-15)18(16)12-19-26(24)22(33)13-20(30)27(19)34/h7-8,10-11,13,15,17-18,24-25,32H,2-6,9,12H2,1H3/t17-,18+,24-,25-/m0/s1. The maximum Gasteiger partial charge on any atom is 0.233 e. The van der Waals surface area contributed by atoms with Gasteiger partial charge in [-0.3, -0.25) is 24.1 Å². The van der Waals surface area contributed by atoms with Crippen LogP contribution in [0, 0.1) is 17.8 Å². The van der Waals surface area contributed by atoms with Crippen LogP contribution in [0.2, 0.25) is 0 Å². The molecule has 1 aromatic rings. The van der Waals surface area contributed by atoms with Crippen LogP contribution in [0.1, 0.15) is 56.4 Å². The van der Waals surface area contributed by atoms with E-state index >= 15 is 0 Å². The van der Waals surface area contributed by atoms with Crippen molar-refractivity contribution < 1.29 is 29.0 Å². The van der Waals surface area contributed by atoms with E-state index < -0.39 is 17.8 Å². The summed E-state index contributed by atoms with van der Waals surface area (Å²) >= 11 is 3.25. The lowest BCUT2D eigenvalue weighted by atomic mass is 9.59. The summed E-state index contributed by atoms with van der Waals surface area (Å²) in [5, 5.41) is 10.5. The Kier molecular flexibility index (Phi) is 5.97. The van der Waals surface area contributed by atoms with Crippen molar-refractivity contribution in [2.24, 2.45) is 17.8 Å². The molecule has 1 aromatic carbocycles. The highest BCUT2D eigenvalue weighted by molar-refractivity contribution is 9.12. The molecule has 0 unspecified atom stereocenters. The molecule has 7 nitrogen and oxygen atoms in total. The summed E-state index contributed by atoms with van der Waals surface area (Å²) in [5.74, 6) is -2.48. The number of amides is 2. The topological polar surface area (TPSA) is 101 Å². The fraction of sp³-hybridized carbons (Fsp3) is 0.448. The Labute approximate surface area is 223 Å². The minimum Gasteiger partial charge on any atom is -0.504 e. The second kappa shape index (κ2) is 9.08. The van der Waals surface area contributed by atoms with Crippen LogP contribution in [0.5, 0.6) is 11.5 Å². The average molecular weight is 566 g/mol. The van der Waals surface area contributed by atoms with Crippen molar-refractivity contribution in [1.82, 2.24) is 4.90 Å². The number of phenols is 1. The van der Waals surface area contributed by atoms with Gasteiger partial charge in [0.15, 0.2) is 23.1 Å². The van der Waals surface area contributed by atoms with Crippen LogP contribution >= 0.6 is 15.9 Å². The van der Waals surface area contributed by atoms with E-state index in [0.29, 0.717) is 28.9 Å². The van der Waals surface area contributed by atoms with E-state index in [1.165, 1.54) is 18.1 Å². The van der Waals surface area contributed by atoms with Gasteiger partial charge in [0, 0.05) is 29.2 Å². The van der Waals surface area contributed by atoms with E-state index in [1.807, 2.05) is 6.08 Å². The maximum absolute atomic E-state index is 13.9. The van der Waals surface area contributed by atoms with Crippen molar-refractivity contribution in [2.75, 3.05) is 7.11 Å². The largest absolute Gasteiger partial charge is 0.504 e. The van der Waals surface area contributed by atoms with Crippen LogP contribution < -0.4 is 4.74 Å². The van der Waals surface area contributed by atoms with Gasteiger partial charge in [0.1, 0.15) is 0 Å². The summed E-state index contributed by atoms with van der Waals surface area (Å²) in [6, 6.07) is 4.93. The first-order valence-electron chi connectivity index (χ1n) is 12.9. The lowest BCUT2D eigenvalue weighted by Crippen LogP contribution is -2.43. The fourth-order valence-corrected chi connectivity index (χ4v) is 7.64. The number of phenolic OH excluding ortho intramolecular Hbond substituents is 1. The van der Waals surface area contributed by atoms with Crippen LogP contribution in [-0.2, 0) is 19.2 Å². The van der Waals surface area contributed by atoms with Crippen molar-refractivity contribution in [2.45, 2.75) is 56.9 Å². The monoisotopic (exact) mass is 565 g/mol. The molecule has 1 saturated heterocycles. The lowest BCUT2D eigenvalue weighted by Gasteiger charge is -2.42. The zero-order valence-electron chi connectivity index (χ0n) is 20.5. The van der Waals surface area contributed by atoms with Crippen LogP contribution in [0.4, 0.5) is 0 Å². The molecule has 0 aromatic heterocycles. The summed E-state index contributed by atoms with van der Waals surface area (Å²) in [5.41, 5.74) is 2.30. The fourth-order valence-electron chi connectivity index (χ4n) is 7.20. The van der Waals surface area contributed by atoms with Gasteiger partial charge in [-0.1, -0.05) is 37.0 Å². The maximum atomic E-state index is 13.9. The minimum absolute atomic E-state index is 0.0505. The molecule has 192 valence electrons. The average Bonchev–Trinajstić information content (AvgIpc) is 3.16. The van der Waals surface area contributed by atoms with Gasteiger partial charge in [-0.15, -0.1) is 0 Å². The minimum atomic E-state index is -0.591. The lowest BCUT2D eigenvalue weighted by molar-refractivity contribution is -0.143. The van der Waals surface area contributed by atoms with Gasteiger partial charge >= 0.3 is 0 Å². The normalized spacial score (nSPS) is 30.1. The first-order valence-corrected chi connectivity index (χ1v) is 13.7. The second-order valence-electron chi connectivity index (χ2n) is 10.7. The number of allylic oxidation sites excluding steroid dienone is 6. The van der Waals surface area contributed by atoms with E-state index in [0.717, 1.165) is 37.7 Å². The Morgan fingerprint density at radius 3 is 2.49 bits per heavy atom. The number of aromatic hydroxyl groups is 1. The smallest absolute Gasteiger partial charge is 0.233 e. The molecule has 6 rings (SSSR count). The molecule has 1 heterocycles. The van der Waals surface area contributed by atoms with Crippen LogP contribution in [0.25, 0.3) is 0 Å². The molecule has 0 spiro atoms. The molecule has 0 radical (unpaired) electrons. The quantitative estimate of drug-likeness (QED) is 0.329. The number of hydrogen-bond donors (Lipinski definition) is 1. The number of fused-ring (bicyclic) bond motifs is 3. The Bertz CT molecular complexity index is 1330. The number of hydrogen-bond acceptors (Lipinski definition) is 6. The highest BCUT2D eigenvalue weighted by Crippen LogP contribution is 2.56. The number of carbonyl (C=O) groups is 4. The van der Waals surface area contributed by atoms with Gasteiger partial charge < -0.3 is 9.84 Å². The summed E-state index contributed by atoms with van der Waals surface area (Å²) in [4.78, 5) is 55.5. The number of nitrogens with zero attached hydrogens (tertiary/aromatic N) is 1. The zero-order valence-corrected chi connectivity index (χ0v) is 22.1. The number of benzene rings is 1. The number of halogens is 1. The van der Waals surface area contributed by atoms with Crippen molar-refractivity contribution in [3.8, 4) is 11.5 Å². The third-order valence-electron chi connectivity index (χ3n) is 8.84. The highest BCUT2D eigenvalue weighted by Gasteiger charge is 2.57. The molecule has 0 bridgehead atoms.